The minimum Gasteiger partial charge on any atom is -0.326 e. The van der Waals surface area contributed by atoms with Gasteiger partial charge in [-0.1, -0.05) is 41.4 Å². The molecule has 0 saturated heterocycles. The number of carbonyl (C=O) groups is 1. The number of rotatable bonds is 5. The van der Waals surface area contributed by atoms with E-state index in [-0.39, 0.29) is 5.91 Å². The van der Waals surface area contributed by atoms with Crippen LogP contribution in [0.1, 0.15) is 31.7 Å². The molecule has 2 nitrogen and oxygen atoms in total. The van der Waals surface area contributed by atoms with Crippen LogP contribution in [0, 0.1) is 0 Å². The summed E-state index contributed by atoms with van der Waals surface area (Å²) in [6, 6.07) is 7.87. The van der Waals surface area contributed by atoms with E-state index in [4.69, 9.17) is 0 Å². The van der Waals surface area contributed by atoms with Crippen LogP contribution < -0.4 is 5.32 Å². The van der Waals surface area contributed by atoms with Crippen LogP contribution in [-0.4, -0.2) is 5.91 Å². The Hall–Kier alpha value is -0.830. The maximum atomic E-state index is 11.4. The van der Waals surface area contributed by atoms with Crippen molar-refractivity contribution in [3.05, 3.63) is 29.8 Å². The Balaban J connectivity index is 2.46. The molecule has 0 spiro atoms. The molecule has 1 N–H and O–H groups in total. The standard InChI is InChI=1S/C12H16BrNO/c1-2-3-4-12(15)14-11-7-5-10(9-13)6-8-11/h5-8H,2-4,9H2,1H3,(H,14,15). The Labute approximate surface area is 99.2 Å². The summed E-state index contributed by atoms with van der Waals surface area (Å²) in [6.45, 7) is 2.08. The Morgan fingerprint density at radius 3 is 2.53 bits per heavy atom. The summed E-state index contributed by atoms with van der Waals surface area (Å²) >= 11 is 3.38. The number of alkyl halides is 1. The zero-order chi connectivity index (χ0) is 11.1. The van der Waals surface area contributed by atoms with Crippen LogP contribution >= 0.6 is 15.9 Å². The number of hydrogen-bond acceptors (Lipinski definition) is 1. The number of unbranched alkanes of at least 4 members (excludes halogenated alkanes) is 1. The van der Waals surface area contributed by atoms with Crippen molar-refractivity contribution in [2.75, 3.05) is 5.32 Å². The highest BCUT2D eigenvalue weighted by Crippen LogP contribution is 2.12. The van der Waals surface area contributed by atoms with Crippen LogP contribution in [0.5, 0.6) is 0 Å². The fraction of sp³-hybridized carbons (Fsp3) is 0.417. The van der Waals surface area contributed by atoms with Crippen LogP contribution in [0.2, 0.25) is 0 Å². The number of carbonyl (C=O) groups excluding carboxylic acids is 1. The maximum Gasteiger partial charge on any atom is 0.224 e. The number of nitrogens with one attached hydrogen (secondary N) is 1. The van der Waals surface area contributed by atoms with Gasteiger partial charge in [0, 0.05) is 17.4 Å². The van der Waals surface area contributed by atoms with E-state index >= 15 is 0 Å². The first kappa shape index (κ1) is 12.2. The molecule has 0 unspecified atom stereocenters. The summed E-state index contributed by atoms with van der Waals surface area (Å²) in [7, 11) is 0. The highest BCUT2D eigenvalue weighted by molar-refractivity contribution is 9.08. The Bertz CT molecular complexity index is 308. The molecule has 1 aromatic carbocycles. The number of benzene rings is 1. The zero-order valence-electron chi connectivity index (χ0n) is 8.92. The monoisotopic (exact) mass is 269 g/mol. The maximum absolute atomic E-state index is 11.4. The molecule has 82 valence electrons. The van der Waals surface area contributed by atoms with Gasteiger partial charge in [0.1, 0.15) is 0 Å². The van der Waals surface area contributed by atoms with Gasteiger partial charge in [0.2, 0.25) is 5.91 Å². The number of hydrogen-bond donors (Lipinski definition) is 1. The van der Waals surface area contributed by atoms with E-state index in [2.05, 4.69) is 28.2 Å². The van der Waals surface area contributed by atoms with Crippen LogP contribution in [0.15, 0.2) is 24.3 Å². The molecule has 0 bridgehead atoms. The lowest BCUT2D eigenvalue weighted by Crippen LogP contribution is -2.10. The lowest BCUT2D eigenvalue weighted by Gasteiger charge is -2.05. The van der Waals surface area contributed by atoms with Crippen molar-refractivity contribution in [2.24, 2.45) is 0 Å². The second kappa shape index (κ2) is 6.62. The van der Waals surface area contributed by atoms with Crippen LogP contribution in [0.3, 0.4) is 0 Å². The molecule has 0 heterocycles. The van der Waals surface area contributed by atoms with Crippen molar-refractivity contribution >= 4 is 27.5 Å². The van der Waals surface area contributed by atoms with Gasteiger partial charge in [0.05, 0.1) is 0 Å². The molecule has 0 aliphatic rings. The lowest BCUT2D eigenvalue weighted by atomic mass is 10.2. The molecular formula is C12H16BrNO. The van der Waals surface area contributed by atoms with Crippen LogP contribution in [-0.2, 0) is 10.1 Å². The molecule has 3 heteroatoms. The predicted molar refractivity (Wildman–Crippen MR) is 67.2 cm³/mol. The molecule has 15 heavy (non-hydrogen) atoms. The van der Waals surface area contributed by atoms with E-state index in [1.807, 2.05) is 24.3 Å². The molecule has 0 fully saturated rings. The molecule has 0 aromatic heterocycles. The normalized spacial score (nSPS) is 10.0. The number of amides is 1. The van der Waals surface area contributed by atoms with Gasteiger partial charge in [0.25, 0.3) is 0 Å². The quantitative estimate of drug-likeness (QED) is 0.812. The minimum absolute atomic E-state index is 0.100. The van der Waals surface area contributed by atoms with E-state index < -0.39 is 0 Å². The molecule has 0 atom stereocenters. The lowest BCUT2D eigenvalue weighted by molar-refractivity contribution is -0.116. The first-order valence-corrected chi connectivity index (χ1v) is 6.33. The molecule has 1 rings (SSSR count). The Kier molecular flexibility index (Phi) is 5.40. The highest BCUT2D eigenvalue weighted by atomic mass is 79.9. The van der Waals surface area contributed by atoms with Gasteiger partial charge in [-0.2, -0.15) is 0 Å². The average molecular weight is 270 g/mol. The minimum atomic E-state index is 0.100. The molecule has 0 saturated carbocycles. The largest absolute Gasteiger partial charge is 0.326 e. The Morgan fingerprint density at radius 1 is 1.33 bits per heavy atom. The van der Waals surface area contributed by atoms with Crippen LogP contribution in [0.4, 0.5) is 5.69 Å². The van der Waals surface area contributed by atoms with Gasteiger partial charge in [-0.05, 0) is 24.1 Å². The van der Waals surface area contributed by atoms with Crippen LogP contribution in [0.25, 0.3) is 0 Å². The molecule has 0 radical (unpaired) electrons. The third-order valence-electron chi connectivity index (χ3n) is 2.15. The van der Waals surface area contributed by atoms with Crippen molar-refractivity contribution < 1.29 is 4.79 Å². The van der Waals surface area contributed by atoms with Gasteiger partial charge in [-0.3, -0.25) is 4.79 Å². The fourth-order valence-electron chi connectivity index (χ4n) is 1.24. The summed E-state index contributed by atoms with van der Waals surface area (Å²) in [5.74, 6) is 0.100. The van der Waals surface area contributed by atoms with Crippen molar-refractivity contribution in [2.45, 2.75) is 31.5 Å². The summed E-state index contributed by atoms with van der Waals surface area (Å²) < 4.78 is 0. The second-order valence-corrected chi connectivity index (χ2v) is 4.04. The van der Waals surface area contributed by atoms with E-state index in [1.54, 1.807) is 0 Å². The van der Waals surface area contributed by atoms with Crippen molar-refractivity contribution in [1.29, 1.82) is 0 Å². The van der Waals surface area contributed by atoms with Crippen molar-refractivity contribution in [1.82, 2.24) is 0 Å². The van der Waals surface area contributed by atoms with Gasteiger partial charge in [-0.15, -0.1) is 0 Å². The smallest absolute Gasteiger partial charge is 0.224 e. The SMILES string of the molecule is CCCCC(=O)Nc1ccc(CBr)cc1. The highest BCUT2D eigenvalue weighted by Gasteiger charge is 2.00. The molecular weight excluding hydrogens is 254 g/mol. The number of halogens is 1. The first-order valence-electron chi connectivity index (χ1n) is 5.21. The summed E-state index contributed by atoms with van der Waals surface area (Å²) in [6.07, 6.45) is 2.61. The van der Waals surface area contributed by atoms with E-state index in [0.29, 0.717) is 6.42 Å². The average Bonchev–Trinajstić information content (AvgIpc) is 2.27. The predicted octanol–water partition coefficient (Wildman–Crippen LogP) is 3.71. The topological polar surface area (TPSA) is 29.1 Å². The van der Waals surface area contributed by atoms with E-state index in [9.17, 15) is 4.79 Å². The van der Waals surface area contributed by atoms with Gasteiger partial charge in [0.15, 0.2) is 0 Å². The summed E-state index contributed by atoms with van der Waals surface area (Å²) in [5, 5.41) is 3.72. The van der Waals surface area contributed by atoms with E-state index in [0.717, 1.165) is 23.9 Å². The first-order chi connectivity index (χ1) is 7.26. The zero-order valence-corrected chi connectivity index (χ0v) is 10.5. The molecule has 1 amide bonds. The third kappa shape index (κ3) is 4.47. The third-order valence-corrected chi connectivity index (χ3v) is 2.80. The van der Waals surface area contributed by atoms with Gasteiger partial charge < -0.3 is 5.32 Å². The van der Waals surface area contributed by atoms with E-state index in [1.165, 1.54) is 5.56 Å². The summed E-state index contributed by atoms with van der Waals surface area (Å²) in [5.41, 5.74) is 2.09. The molecule has 1 aromatic rings. The fourth-order valence-corrected chi connectivity index (χ4v) is 1.61. The second-order valence-electron chi connectivity index (χ2n) is 3.48. The van der Waals surface area contributed by atoms with Crippen molar-refractivity contribution in [3.8, 4) is 0 Å². The number of anilines is 1. The van der Waals surface area contributed by atoms with Crippen molar-refractivity contribution in [3.63, 3.8) is 0 Å². The summed E-state index contributed by atoms with van der Waals surface area (Å²) in [4.78, 5) is 11.4. The van der Waals surface area contributed by atoms with Gasteiger partial charge >= 0.3 is 0 Å². The molecule has 0 aliphatic carbocycles. The molecule has 0 aliphatic heterocycles. The Morgan fingerprint density at radius 2 is 2.00 bits per heavy atom. The van der Waals surface area contributed by atoms with Gasteiger partial charge in [-0.25, -0.2) is 0 Å².